The van der Waals surface area contributed by atoms with Gasteiger partial charge in [0.05, 0.1) is 11.8 Å². The minimum absolute atomic E-state index is 0.0516. The lowest BCUT2D eigenvalue weighted by Gasteiger charge is -2.57. The van der Waals surface area contributed by atoms with Crippen molar-refractivity contribution in [2.45, 2.75) is 38.8 Å². The summed E-state index contributed by atoms with van der Waals surface area (Å²) in [6.07, 6.45) is 1.79. The zero-order chi connectivity index (χ0) is 22.9. The molecule has 0 unspecified atom stereocenters. The van der Waals surface area contributed by atoms with Gasteiger partial charge in [0.15, 0.2) is 28.8 Å². The predicted molar refractivity (Wildman–Crippen MR) is 106 cm³/mol. The Morgan fingerprint density at radius 1 is 1.35 bits per heavy atom. The van der Waals surface area contributed by atoms with Crippen LogP contribution in [0.5, 0.6) is 0 Å². The number of allylic oxidation sites excluding steroid dienone is 4. The molecule has 1 N–H and O–H groups in total. The Labute approximate surface area is 177 Å². The molecule has 9 heteroatoms. The van der Waals surface area contributed by atoms with Crippen molar-refractivity contribution in [1.82, 2.24) is 0 Å². The van der Waals surface area contributed by atoms with Crippen LogP contribution in [-0.4, -0.2) is 40.5 Å². The van der Waals surface area contributed by atoms with E-state index in [-0.39, 0.29) is 24.1 Å². The van der Waals surface area contributed by atoms with E-state index < -0.39 is 70.4 Å². The van der Waals surface area contributed by atoms with E-state index in [1.165, 1.54) is 13.0 Å². The van der Waals surface area contributed by atoms with Crippen molar-refractivity contribution in [3.8, 4) is 0 Å². The maximum atomic E-state index is 17.0. The Morgan fingerprint density at radius 3 is 2.65 bits per heavy atom. The highest BCUT2D eigenvalue weighted by molar-refractivity contribution is 6.15. The first-order valence-corrected chi connectivity index (χ1v) is 10.1. The highest BCUT2D eigenvalue weighted by Crippen LogP contribution is 2.68. The molecule has 0 aromatic heterocycles. The second kappa shape index (κ2) is 6.55. The SMILES string of the molecule is C=C1C[C@H]2[C@@H]3C=C(N=[N+]=[N-])C4=CC(=O)CC(=O)[C@]4(C)[C@@]3(F)C(=O)C[C@]2(C)[C@H]1C(=O)CO. The number of carbonyl (C=O) groups is 4. The third-order valence-electron chi connectivity index (χ3n) is 7.94. The Morgan fingerprint density at radius 2 is 2.03 bits per heavy atom. The molecule has 0 aromatic carbocycles. The van der Waals surface area contributed by atoms with Gasteiger partial charge >= 0.3 is 0 Å². The number of carbonyl (C=O) groups excluding carboxylic acids is 4. The van der Waals surface area contributed by atoms with Crippen LogP contribution in [0.25, 0.3) is 10.4 Å². The molecule has 8 nitrogen and oxygen atoms in total. The molecule has 0 radical (unpaired) electrons. The highest BCUT2D eigenvalue weighted by atomic mass is 19.1. The smallest absolute Gasteiger partial charge is 0.191 e. The Hall–Kier alpha value is -2.90. The van der Waals surface area contributed by atoms with E-state index in [9.17, 15) is 24.3 Å². The van der Waals surface area contributed by atoms with Crippen molar-refractivity contribution in [1.29, 1.82) is 0 Å². The van der Waals surface area contributed by atoms with Gasteiger partial charge < -0.3 is 5.11 Å². The third-order valence-corrected chi connectivity index (χ3v) is 7.94. The number of hydrogen-bond acceptors (Lipinski definition) is 6. The number of alkyl halides is 1. The zero-order valence-corrected chi connectivity index (χ0v) is 17.2. The molecule has 4 aliphatic carbocycles. The predicted octanol–water partition coefficient (Wildman–Crippen LogP) is 2.73. The van der Waals surface area contributed by atoms with Gasteiger partial charge in [-0.1, -0.05) is 30.3 Å². The molecule has 0 saturated heterocycles. The summed E-state index contributed by atoms with van der Waals surface area (Å²) in [6, 6.07) is 0. The lowest BCUT2D eigenvalue weighted by molar-refractivity contribution is -0.169. The Balaban J connectivity index is 2.00. The number of aliphatic hydroxyl groups is 1. The molecule has 0 aromatic rings. The molecule has 0 heterocycles. The first-order valence-electron chi connectivity index (χ1n) is 10.1. The normalized spacial score (nSPS) is 41.5. The topological polar surface area (TPSA) is 137 Å². The van der Waals surface area contributed by atoms with E-state index in [4.69, 9.17) is 5.53 Å². The van der Waals surface area contributed by atoms with Crippen molar-refractivity contribution in [3.63, 3.8) is 0 Å². The van der Waals surface area contributed by atoms with Crippen LogP contribution >= 0.6 is 0 Å². The summed E-state index contributed by atoms with van der Waals surface area (Å²) in [7, 11) is 0. The fraction of sp³-hybridized carbons (Fsp3) is 0.545. The molecule has 2 saturated carbocycles. The summed E-state index contributed by atoms with van der Waals surface area (Å²) in [5.41, 5.74) is 3.76. The molecular weight excluding hydrogens is 405 g/mol. The average Bonchev–Trinajstić information content (AvgIpc) is 2.95. The van der Waals surface area contributed by atoms with Crippen molar-refractivity contribution < 1.29 is 28.7 Å². The van der Waals surface area contributed by atoms with Gasteiger partial charge in [-0.3, -0.25) is 19.2 Å². The van der Waals surface area contributed by atoms with Gasteiger partial charge in [-0.25, -0.2) is 4.39 Å². The lowest BCUT2D eigenvalue weighted by atomic mass is 9.45. The number of nitrogens with zero attached hydrogens (tertiary/aromatic N) is 3. The molecule has 0 spiro atoms. The molecule has 4 aliphatic rings. The molecule has 2 fully saturated rings. The molecule has 0 aliphatic heterocycles. The van der Waals surface area contributed by atoms with Crippen LogP contribution in [0.1, 0.15) is 33.1 Å². The van der Waals surface area contributed by atoms with E-state index in [2.05, 4.69) is 16.6 Å². The fourth-order valence-corrected chi connectivity index (χ4v) is 6.52. The van der Waals surface area contributed by atoms with Gasteiger partial charge in [0.1, 0.15) is 6.61 Å². The van der Waals surface area contributed by atoms with Crippen LogP contribution in [0.15, 0.2) is 40.7 Å². The monoisotopic (exact) mass is 427 g/mol. The number of rotatable bonds is 3. The van der Waals surface area contributed by atoms with Crippen molar-refractivity contribution in [2.75, 3.05) is 6.61 Å². The standard InChI is InChI=1S/C22H22FN3O5/c1-10-4-12-13-7-15(25-26-24)14-5-11(28)6-17(30)21(14,3)22(13,23)18(31)8-20(12,2)19(10)16(29)9-27/h5,7,12-13,19,27H,1,4,6,8-9H2,2-3H3/t12-,13-,19+,20-,21+,22-/m0/s1. The Bertz CT molecular complexity index is 1090. The van der Waals surface area contributed by atoms with Crippen molar-refractivity contribution in [2.24, 2.45) is 33.7 Å². The second-order valence-corrected chi connectivity index (χ2v) is 9.36. The van der Waals surface area contributed by atoms with Gasteiger partial charge in [0, 0.05) is 28.9 Å². The maximum absolute atomic E-state index is 17.0. The molecular formula is C22H22FN3O5. The van der Waals surface area contributed by atoms with E-state index in [0.29, 0.717) is 5.57 Å². The summed E-state index contributed by atoms with van der Waals surface area (Å²) >= 11 is 0. The Kier molecular flexibility index (Phi) is 4.51. The number of Topliss-reactive ketones (excluding diaryl/α,β-unsaturated/α-hetero) is 3. The zero-order valence-electron chi connectivity index (χ0n) is 17.2. The van der Waals surface area contributed by atoms with Crippen LogP contribution in [-0.2, 0) is 19.2 Å². The molecule has 6 atom stereocenters. The first-order chi connectivity index (χ1) is 14.5. The van der Waals surface area contributed by atoms with E-state index in [1.54, 1.807) is 6.92 Å². The summed E-state index contributed by atoms with van der Waals surface area (Å²) in [6.45, 7) is 6.22. The molecule has 4 rings (SSSR count). The van der Waals surface area contributed by atoms with E-state index in [1.807, 2.05) is 0 Å². The second-order valence-electron chi connectivity index (χ2n) is 9.36. The van der Waals surface area contributed by atoms with Gasteiger partial charge in [0.25, 0.3) is 0 Å². The quantitative estimate of drug-likeness (QED) is 0.243. The first kappa shape index (κ1) is 21.3. The molecule has 0 amide bonds. The van der Waals surface area contributed by atoms with E-state index in [0.717, 1.165) is 6.08 Å². The van der Waals surface area contributed by atoms with Crippen LogP contribution in [0, 0.1) is 28.6 Å². The number of hydrogen-bond donors (Lipinski definition) is 1. The molecule has 31 heavy (non-hydrogen) atoms. The summed E-state index contributed by atoms with van der Waals surface area (Å²) in [5, 5.41) is 13.0. The lowest BCUT2D eigenvalue weighted by Crippen LogP contribution is -2.67. The number of azide groups is 1. The van der Waals surface area contributed by atoms with Crippen molar-refractivity contribution in [3.05, 3.63) is 46.0 Å². The van der Waals surface area contributed by atoms with E-state index >= 15 is 4.39 Å². The van der Waals surface area contributed by atoms with Gasteiger partial charge in [-0.15, -0.1) is 0 Å². The number of halogens is 1. The molecule has 0 bridgehead atoms. The van der Waals surface area contributed by atoms with Crippen LogP contribution in [0.2, 0.25) is 0 Å². The van der Waals surface area contributed by atoms with Crippen LogP contribution < -0.4 is 0 Å². The summed E-state index contributed by atoms with van der Waals surface area (Å²) < 4.78 is 17.0. The average molecular weight is 427 g/mol. The van der Waals surface area contributed by atoms with Crippen LogP contribution in [0.4, 0.5) is 4.39 Å². The van der Waals surface area contributed by atoms with Crippen molar-refractivity contribution >= 4 is 23.1 Å². The number of ketones is 4. The van der Waals surface area contributed by atoms with Gasteiger partial charge in [0.2, 0.25) is 0 Å². The minimum Gasteiger partial charge on any atom is -0.389 e. The highest BCUT2D eigenvalue weighted by Gasteiger charge is 2.74. The van der Waals surface area contributed by atoms with Gasteiger partial charge in [-0.2, -0.15) is 0 Å². The maximum Gasteiger partial charge on any atom is 0.191 e. The minimum atomic E-state index is -2.66. The summed E-state index contributed by atoms with van der Waals surface area (Å²) in [4.78, 5) is 53.8. The largest absolute Gasteiger partial charge is 0.389 e. The number of aliphatic hydroxyl groups excluding tert-OH is 1. The number of fused-ring (bicyclic) bond motifs is 5. The van der Waals surface area contributed by atoms with Gasteiger partial charge in [-0.05, 0) is 41.9 Å². The molecule has 162 valence electrons. The summed E-state index contributed by atoms with van der Waals surface area (Å²) in [5.74, 6) is -5.18. The van der Waals surface area contributed by atoms with Crippen LogP contribution in [0.3, 0.4) is 0 Å². The third kappa shape index (κ3) is 2.41. The fourth-order valence-electron chi connectivity index (χ4n) is 6.52.